The van der Waals surface area contributed by atoms with E-state index in [-0.39, 0.29) is 0 Å². The Bertz CT molecular complexity index is 250. The lowest BCUT2D eigenvalue weighted by atomic mass is 10.0. The summed E-state index contributed by atoms with van der Waals surface area (Å²) in [4.78, 5) is 0. The predicted molar refractivity (Wildman–Crippen MR) is 116 cm³/mol. The number of nitrogens with zero attached hydrogens (tertiary/aromatic N) is 1. The first-order valence-corrected chi connectivity index (χ1v) is 13.0. The summed E-state index contributed by atoms with van der Waals surface area (Å²) in [5.74, 6) is 1.39. The van der Waals surface area contributed by atoms with E-state index in [4.69, 9.17) is 0 Å². The molecule has 0 aliphatic heterocycles. The van der Waals surface area contributed by atoms with Crippen molar-refractivity contribution in [3.8, 4) is 0 Å². The molecule has 0 N–H and O–H groups in total. The van der Waals surface area contributed by atoms with Crippen LogP contribution < -0.4 is 0 Å². The van der Waals surface area contributed by atoms with Crippen LogP contribution in [0.1, 0.15) is 96.8 Å². The normalized spacial score (nSPS) is 12.2. The van der Waals surface area contributed by atoms with E-state index in [1.165, 1.54) is 113 Å². The summed E-state index contributed by atoms with van der Waals surface area (Å²) < 4.78 is 1.23. The number of quaternary nitrogens is 1. The Labute approximate surface area is 157 Å². The fourth-order valence-electron chi connectivity index (χ4n) is 3.28. The maximum absolute atomic E-state index is 2.41. The lowest BCUT2D eigenvalue weighted by Crippen LogP contribution is -2.43. The van der Waals surface area contributed by atoms with E-state index < -0.39 is 0 Å². The van der Waals surface area contributed by atoms with E-state index in [1.807, 2.05) is 0 Å². The van der Waals surface area contributed by atoms with Gasteiger partial charge in [-0.25, -0.2) is 0 Å². The summed E-state index contributed by atoms with van der Waals surface area (Å²) in [5.41, 5.74) is 0. The van der Waals surface area contributed by atoms with Crippen molar-refractivity contribution < 1.29 is 4.48 Å². The smallest absolute Gasteiger partial charge is 0.156 e. The Balaban J connectivity index is 3.22. The van der Waals surface area contributed by atoms with E-state index >= 15 is 0 Å². The summed E-state index contributed by atoms with van der Waals surface area (Å²) in [6.45, 7) is 5.02. The van der Waals surface area contributed by atoms with Crippen LogP contribution in [0.3, 0.4) is 0 Å². The molecule has 0 aromatic rings. The van der Waals surface area contributed by atoms with E-state index in [9.17, 15) is 0 Å². The van der Waals surface area contributed by atoms with Gasteiger partial charge in [0.25, 0.3) is 0 Å². The Morgan fingerprint density at radius 2 is 0.917 bits per heavy atom. The molecule has 0 rings (SSSR count). The molecular formula is C22H49NS+2. The molecule has 0 spiro atoms. The third-order valence-electron chi connectivity index (χ3n) is 5.22. The number of hydrogen-bond acceptors (Lipinski definition) is 0. The second-order valence-corrected chi connectivity index (χ2v) is 11.0. The SMILES string of the molecule is CCCCCCCCCCCCCCCC[N+](C)(C)CC[S+](C)C. The van der Waals surface area contributed by atoms with Gasteiger partial charge in [0.2, 0.25) is 0 Å². The third kappa shape index (κ3) is 18.6. The minimum absolute atomic E-state index is 0.604. The Morgan fingerprint density at radius 3 is 1.29 bits per heavy atom. The van der Waals surface area contributed by atoms with Crippen LogP contribution in [0.25, 0.3) is 0 Å². The van der Waals surface area contributed by atoms with Crippen molar-refractivity contribution in [1.29, 1.82) is 0 Å². The standard InChI is InChI=1S/C22H49NS/c1-6-7-8-9-10-11-12-13-14-15-16-17-18-19-20-23(2,3)21-22-24(4)5/h6-22H2,1-5H3/q+2. The van der Waals surface area contributed by atoms with Crippen molar-refractivity contribution in [3.63, 3.8) is 0 Å². The zero-order valence-corrected chi connectivity index (χ0v) is 18.7. The molecule has 0 amide bonds. The van der Waals surface area contributed by atoms with Crippen LogP contribution in [0.4, 0.5) is 0 Å². The molecule has 2 heteroatoms. The van der Waals surface area contributed by atoms with E-state index in [2.05, 4.69) is 33.5 Å². The van der Waals surface area contributed by atoms with Crippen LogP contribution >= 0.6 is 0 Å². The van der Waals surface area contributed by atoms with Crippen LogP contribution in [-0.2, 0) is 10.9 Å². The largest absolute Gasteiger partial charge is 0.325 e. The quantitative estimate of drug-likeness (QED) is 0.150. The zero-order chi connectivity index (χ0) is 18.1. The van der Waals surface area contributed by atoms with Gasteiger partial charge in [-0.05, 0) is 23.7 Å². The highest BCUT2D eigenvalue weighted by molar-refractivity contribution is 7.95. The average Bonchev–Trinajstić information content (AvgIpc) is 2.53. The summed E-state index contributed by atoms with van der Waals surface area (Å²) in [5, 5.41) is 0. The molecule has 0 aromatic carbocycles. The first-order valence-electron chi connectivity index (χ1n) is 10.8. The van der Waals surface area contributed by atoms with Crippen LogP contribution in [0.5, 0.6) is 0 Å². The minimum Gasteiger partial charge on any atom is -0.325 e. The number of rotatable bonds is 18. The van der Waals surface area contributed by atoms with Gasteiger partial charge >= 0.3 is 0 Å². The highest BCUT2D eigenvalue weighted by Gasteiger charge is 2.17. The van der Waals surface area contributed by atoms with E-state index in [0.717, 1.165) is 0 Å². The fraction of sp³-hybridized carbons (Fsp3) is 1.00. The van der Waals surface area contributed by atoms with E-state index in [1.54, 1.807) is 0 Å². The Morgan fingerprint density at radius 1 is 0.542 bits per heavy atom. The molecule has 0 saturated carbocycles. The Kier molecular flexibility index (Phi) is 17.0. The molecule has 0 aromatic heterocycles. The van der Waals surface area contributed by atoms with Gasteiger partial charge in [0.05, 0.1) is 33.2 Å². The lowest BCUT2D eigenvalue weighted by Gasteiger charge is -2.28. The molecule has 0 fully saturated rings. The molecule has 0 aliphatic carbocycles. The second kappa shape index (κ2) is 16.8. The highest BCUT2D eigenvalue weighted by Crippen LogP contribution is 2.13. The summed E-state index contributed by atoms with van der Waals surface area (Å²) in [6, 6.07) is 0. The summed E-state index contributed by atoms with van der Waals surface area (Å²) >= 11 is 0. The number of unbranched alkanes of at least 4 members (excludes halogenated alkanes) is 13. The predicted octanol–water partition coefficient (Wildman–Crippen LogP) is 6.42. The topological polar surface area (TPSA) is 0 Å². The Hall–Kier alpha value is 0.310. The lowest BCUT2D eigenvalue weighted by molar-refractivity contribution is -0.888. The van der Waals surface area contributed by atoms with Crippen molar-refractivity contribution in [2.75, 3.05) is 45.4 Å². The van der Waals surface area contributed by atoms with Gasteiger partial charge in [0, 0.05) is 0 Å². The maximum atomic E-state index is 2.41. The first kappa shape index (κ1) is 24.3. The molecule has 0 atom stereocenters. The van der Waals surface area contributed by atoms with Crippen molar-refractivity contribution >= 4 is 10.9 Å². The molecule has 0 heterocycles. The van der Waals surface area contributed by atoms with E-state index in [0.29, 0.717) is 10.9 Å². The molecule has 1 nitrogen and oxygen atoms in total. The van der Waals surface area contributed by atoms with Gasteiger partial charge in [0.15, 0.2) is 5.75 Å². The molecule has 24 heavy (non-hydrogen) atoms. The van der Waals surface area contributed by atoms with Gasteiger partial charge in [-0.3, -0.25) is 0 Å². The summed E-state index contributed by atoms with van der Waals surface area (Å²) in [7, 11) is 5.43. The number of hydrogen-bond donors (Lipinski definition) is 0. The molecule has 0 saturated heterocycles. The molecular weight excluding hydrogens is 310 g/mol. The molecule has 0 radical (unpaired) electrons. The average molecular weight is 360 g/mol. The van der Waals surface area contributed by atoms with Gasteiger partial charge in [0.1, 0.15) is 6.54 Å². The van der Waals surface area contributed by atoms with Gasteiger partial charge < -0.3 is 4.48 Å². The van der Waals surface area contributed by atoms with Crippen LogP contribution in [0.15, 0.2) is 0 Å². The summed E-state index contributed by atoms with van der Waals surface area (Å²) in [6.07, 6.45) is 25.1. The molecule has 0 unspecified atom stereocenters. The van der Waals surface area contributed by atoms with Crippen molar-refractivity contribution in [2.45, 2.75) is 96.8 Å². The van der Waals surface area contributed by atoms with Crippen LogP contribution in [0, 0.1) is 0 Å². The second-order valence-electron chi connectivity index (χ2n) is 8.67. The van der Waals surface area contributed by atoms with Gasteiger partial charge in [-0.2, -0.15) is 0 Å². The van der Waals surface area contributed by atoms with Crippen LogP contribution in [0.2, 0.25) is 0 Å². The monoisotopic (exact) mass is 359 g/mol. The third-order valence-corrected chi connectivity index (χ3v) is 6.22. The van der Waals surface area contributed by atoms with Crippen molar-refractivity contribution in [3.05, 3.63) is 0 Å². The molecule has 146 valence electrons. The zero-order valence-electron chi connectivity index (χ0n) is 17.9. The van der Waals surface area contributed by atoms with Crippen LogP contribution in [-0.4, -0.2) is 49.9 Å². The van der Waals surface area contributed by atoms with Gasteiger partial charge in [-0.15, -0.1) is 0 Å². The molecule has 0 aliphatic rings. The van der Waals surface area contributed by atoms with Crippen molar-refractivity contribution in [1.82, 2.24) is 0 Å². The fourth-order valence-corrected chi connectivity index (χ4v) is 4.14. The minimum atomic E-state index is 0.604. The van der Waals surface area contributed by atoms with Gasteiger partial charge in [-0.1, -0.05) is 84.0 Å². The highest BCUT2D eigenvalue weighted by atomic mass is 32.2. The molecule has 0 bridgehead atoms. The first-order chi connectivity index (χ1) is 11.5. The van der Waals surface area contributed by atoms with Crippen molar-refractivity contribution in [2.24, 2.45) is 0 Å². The maximum Gasteiger partial charge on any atom is 0.156 e.